The summed E-state index contributed by atoms with van der Waals surface area (Å²) in [6.07, 6.45) is 0.812. The Hall–Kier alpha value is -2.40. The van der Waals surface area contributed by atoms with Gasteiger partial charge in [0.2, 0.25) is 0 Å². The lowest BCUT2D eigenvalue weighted by molar-refractivity contribution is 0.0931. The molecule has 0 aliphatic rings. The summed E-state index contributed by atoms with van der Waals surface area (Å²) in [5, 5.41) is 8.84. The Balaban J connectivity index is 1.64. The standard InChI is InChI=1S/C17H16N2O2S/c1-12(10-14-8-5-9-22-14)18-17(20)15-11-16(21-19-15)13-6-3-2-4-7-13/h2-9,11-12H,10H2,1H3,(H,18,20). The summed E-state index contributed by atoms with van der Waals surface area (Å²) in [7, 11) is 0. The second kappa shape index (κ2) is 6.58. The average molecular weight is 312 g/mol. The van der Waals surface area contributed by atoms with E-state index < -0.39 is 0 Å². The first-order chi connectivity index (χ1) is 10.7. The molecule has 1 amide bonds. The van der Waals surface area contributed by atoms with Crippen LogP contribution < -0.4 is 5.32 Å². The normalized spacial score (nSPS) is 12.0. The summed E-state index contributed by atoms with van der Waals surface area (Å²) in [6.45, 7) is 1.98. The molecule has 3 rings (SSSR count). The SMILES string of the molecule is CC(Cc1cccs1)NC(=O)c1cc(-c2ccccc2)on1. The number of amides is 1. The van der Waals surface area contributed by atoms with Crippen molar-refractivity contribution in [2.24, 2.45) is 0 Å². The molecule has 1 atom stereocenters. The quantitative estimate of drug-likeness (QED) is 0.780. The molecule has 0 bridgehead atoms. The molecule has 1 N–H and O–H groups in total. The molecule has 0 radical (unpaired) electrons. The van der Waals surface area contributed by atoms with E-state index in [0.717, 1.165) is 12.0 Å². The van der Waals surface area contributed by atoms with Crippen molar-refractivity contribution in [3.05, 3.63) is 64.5 Å². The van der Waals surface area contributed by atoms with E-state index in [2.05, 4.69) is 16.5 Å². The van der Waals surface area contributed by atoms with Crippen molar-refractivity contribution in [1.29, 1.82) is 0 Å². The fourth-order valence-corrected chi connectivity index (χ4v) is 3.04. The van der Waals surface area contributed by atoms with E-state index in [4.69, 9.17) is 4.52 Å². The van der Waals surface area contributed by atoms with Crippen molar-refractivity contribution in [3.63, 3.8) is 0 Å². The number of nitrogens with one attached hydrogen (secondary N) is 1. The Labute approximate surface area is 132 Å². The van der Waals surface area contributed by atoms with Crippen LogP contribution in [0.15, 0.2) is 58.4 Å². The van der Waals surface area contributed by atoms with Crippen LogP contribution in [0.3, 0.4) is 0 Å². The molecule has 0 saturated heterocycles. The molecule has 22 heavy (non-hydrogen) atoms. The number of nitrogens with zero attached hydrogens (tertiary/aromatic N) is 1. The molecular formula is C17H16N2O2S. The van der Waals surface area contributed by atoms with Crippen molar-refractivity contribution in [3.8, 4) is 11.3 Å². The number of benzene rings is 1. The molecule has 0 fully saturated rings. The van der Waals surface area contributed by atoms with Crippen molar-refractivity contribution in [2.75, 3.05) is 0 Å². The number of hydrogen-bond donors (Lipinski definition) is 1. The minimum absolute atomic E-state index is 0.0445. The van der Waals surface area contributed by atoms with Gasteiger partial charge in [-0.2, -0.15) is 0 Å². The first kappa shape index (κ1) is 14.5. The van der Waals surface area contributed by atoms with Gasteiger partial charge in [0.25, 0.3) is 5.91 Å². The first-order valence-corrected chi connectivity index (χ1v) is 7.96. The molecule has 2 heterocycles. The van der Waals surface area contributed by atoms with Crippen LogP contribution in [0.5, 0.6) is 0 Å². The van der Waals surface area contributed by atoms with E-state index in [-0.39, 0.29) is 11.9 Å². The van der Waals surface area contributed by atoms with Gasteiger partial charge >= 0.3 is 0 Å². The second-order valence-corrected chi connectivity index (χ2v) is 6.13. The highest BCUT2D eigenvalue weighted by molar-refractivity contribution is 7.09. The van der Waals surface area contributed by atoms with Gasteiger partial charge in [-0.3, -0.25) is 4.79 Å². The molecule has 3 aromatic rings. The third-order valence-electron chi connectivity index (χ3n) is 3.27. The summed E-state index contributed by atoms with van der Waals surface area (Å²) in [4.78, 5) is 13.4. The molecule has 2 aromatic heterocycles. The van der Waals surface area contributed by atoms with E-state index in [0.29, 0.717) is 11.5 Å². The van der Waals surface area contributed by atoms with Crippen LogP contribution in [0, 0.1) is 0 Å². The number of hydrogen-bond acceptors (Lipinski definition) is 4. The Kier molecular flexibility index (Phi) is 4.34. The predicted molar refractivity (Wildman–Crippen MR) is 86.9 cm³/mol. The Morgan fingerprint density at radius 2 is 2.09 bits per heavy atom. The van der Waals surface area contributed by atoms with Gasteiger partial charge in [-0.25, -0.2) is 0 Å². The van der Waals surface area contributed by atoms with Crippen molar-refractivity contribution in [2.45, 2.75) is 19.4 Å². The van der Waals surface area contributed by atoms with E-state index in [9.17, 15) is 4.79 Å². The van der Waals surface area contributed by atoms with Crippen LogP contribution in [-0.2, 0) is 6.42 Å². The van der Waals surface area contributed by atoms with Crippen LogP contribution in [0.2, 0.25) is 0 Å². The van der Waals surface area contributed by atoms with E-state index in [1.807, 2.05) is 48.7 Å². The van der Waals surface area contributed by atoms with Gasteiger partial charge in [-0.05, 0) is 18.4 Å². The lowest BCUT2D eigenvalue weighted by atomic mass is 10.1. The maximum absolute atomic E-state index is 12.2. The highest BCUT2D eigenvalue weighted by atomic mass is 32.1. The smallest absolute Gasteiger partial charge is 0.273 e. The van der Waals surface area contributed by atoms with Gasteiger partial charge in [-0.1, -0.05) is 41.6 Å². The molecule has 0 saturated carbocycles. The van der Waals surface area contributed by atoms with Crippen LogP contribution in [0.25, 0.3) is 11.3 Å². The molecule has 4 nitrogen and oxygen atoms in total. The van der Waals surface area contributed by atoms with Crippen LogP contribution in [0.1, 0.15) is 22.3 Å². The second-order valence-electron chi connectivity index (χ2n) is 5.10. The van der Waals surface area contributed by atoms with Gasteiger partial charge in [0.05, 0.1) is 0 Å². The van der Waals surface area contributed by atoms with Gasteiger partial charge < -0.3 is 9.84 Å². The van der Waals surface area contributed by atoms with Crippen LogP contribution in [0.4, 0.5) is 0 Å². The third-order valence-corrected chi connectivity index (χ3v) is 4.16. The molecule has 1 unspecified atom stereocenters. The number of carbonyl (C=O) groups is 1. The van der Waals surface area contributed by atoms with Crippen LogP contribution >= 0.6 is 11.3 Å². The summed E-state index contributed by atoms with van der Waals surface area (Å²) in [5.74, 6) is 0.381. The third kappa shape index (κ3) is 3.43. The average Bonchev–Trinajstić information content (AvgIpc) is 3.19. The highest BCUT2D eigenvalue weighted by Gasteiger charge is 2.16. The number of rotatable bonds is 5. The van der Waals surface area contributed by atoms with E-state index in [1.54, 1.807) is 17.4 Å². The minimum atomic E-state index is -0.213. The maximum Gasteiger partial charge on any atom is 0.273 e. The van der Waals surface area contributed by atoms with Crippen LogP contribution in [-0.4, -0.2) is 17.1 Å². The lowest BCUT2D eigenvalue weighted by Gasteiger charge is -2.11. The zero-order valence-corrected chi connectivity index (χ0v) is 13.0. The Morgan fingerprint density at radius 1 is 1.27 bits per heavy atom. The van der Waals surface area contributed by atoms with Crippen molar-refractivity contribution in [1.82, 2.24) is 10.5 Å². The summed E-state index contributed by atoms with van der Waals surface area (Å²) in [5.41, 5.74) is 1.21. The zero-order valence-electron chi connectivity index (χ0n) is 12.2. The van der Waals surface area contributed by atoms with Gasteiger partial charge in [0.15, 0.2) is 11.5 Å². The molecule has 5 heteroatoms. The van der Waals surface area contributed by atoms with Gasteiger partial charge in [0, 0.05) is 29.0 Å². The monoisotopic (exact) mass is 312 g/mol. The molecule has 1 aromatic carbocycles. The summed E-state index contributed by atoms with van der Waals surface area (Å²) >= 11 is 1.69. The van der Waals surface area contributed by atoms with Crippen molar-refractivity contribution >= 4 is 17.2 Å². The molecule has 112 valence electrons. The largest absolute Gasteiger partial charge is 0.355 e. The molecule has 0 aliphatic heterocycles. The van der Waals surface area contributed by atoms with E-state index >= 15 is 0 Å². The number of aromatic nitrogens is 1. The van der Waals surface area contributed by atoms with E-state index in [1.165, 1.54) is 4.88 Å². The van der Waals surface area contributed by atoms with Gasteiger partial charge in [-0.15, -0.1) is 11.3 Å². The molecular weight excluding hydrogens is 296 g/mol. The minimum Gasteiger partial charge on any atom is -0.355 e. The molecule has 0 spiro atoms. The summed E-state index contributed by atoms with van der Waals surface area (Å²) < 4.78 is 5.25. The fraction of sp³-hybridized carbons (Fsp3) is 0.176. The number of carbonyl (C=O) groups excluding carboxylic acids is 1. The highest BCUT2D eigenvalue weighted by Crippen LogP contribution is 2.19. The number of thiophene rings is 1. The fourth-order valence-electron chi connectivity index (χ4n) is 2.20. The lowest BCUT2D eigenvalue weighted by Crippen LogP contribution is -2.34. The Bertz CT molecular complexity index is 735. The summed E-state index contributed by atoms with van der Waals surface area (Å²) in [6, 6.07) is 15.4. The van der Waals surface area contributed by atoms with Gasteiger partial charge in [0.1, 0.15) is 0 Å². The molecule has 0 aliphatic carbocycles. The first-order valence-electron chi connectivity index (χ1n) is 7.08. The predicted octanol–water partition coefficient (Wildman–Crippen LogP) is 3.76. The zero-order chi connectivity index (χ0) is 15.4. The Morgan fingerprint density at radius 3 is 2.82 bits per heavy atom. The topological polar surface area (TPSA) is 55.1 Å². The van der Waals surface area contributed by atoms with Crippen molar-refractivity contribution < 1.29 is 9.32 Å². The maximum atomic E-state index is 12.2.